The minimum atomic E-state index is 0.940. The van der Waals surface area contributed by atoms with Crippen LogP contribution in [0.1, 0.15) is 11.1 Å². The van der Waals surface area contributed by atoms with Gasteiger partial charge in [0.15, 0.2) is 0 Å². The summed E-state index contributed by atoms with van der Waals surface area (Å²) in [7, 11) is 0. The third kappa shape index (κ3) is 2.73. The lowest BCUT2D eigenvalue weighted by molar-refractivity contribution is 1.03. The summed E-state index contributed by atoms with van der Waals surface area (Å²) < 4.78 is 0. The third-order valence-corrected chi connectivity index (χ3v) is 5.47. The highest BCUT2D eigenvalue weighted by atomic mass is 15.4. The number of rotatable bonds is 2. The predicted octanol–water partition coefficient (Wildman–Crippen LogP) is 5.93. The second kappa shape index (κ2) is 6.31. The number of hydrogen-bond donors (Lipinski definition) is 0. The zero-order valence-corrected chi connectivity index (χ0v) is 15.7. The van der Waals surface area contributed by atoms with E-state index in [-0.39, 0.29) is 0 Å². The first-order chi connectivity index (χ1) is 13.2. The van der Waals surface area contributed by atoms with Crippen LogP contribution in [0.3, 0.4) is 0 Å². The summed E-state index contributed by atoms with van der Waals surface area (Å²) >= 11 is 0. The normalized spacial score (nSPS) is 14.4. The first-order valence-corrected chi connectivity index (χ1v) is 9.50. The maximum Gasteiger partial charge on any atom is 0.208 e. The molecule has 0 saturated carbocycles. The van der Waals surface area contributed by atoms with Crippen LogP contribution in [0.15, 0.2) is 72.8 Å². The SMILES string of the molecule is Cc1ccc2cccc(N3[C]N(c4c(C)ccc5ccccc45)CC3)c2c1. The van der Waals surface area contributed by atoms with Crippen molar-refractivity contribution in [3.05, 3.63) is 90.6 Å². The molecule has 0 unspecified atom stereocenters. The van der Waals surface area contributed by atoms with Gasteiger partial charge in [-0.1, -0.05) is 66.2 Å². The summed E-state index contributed by atoms with van der Waals surface area (Å²) in [5.41, 5.74) is 5.08. The summed E-state index contributed by atoms with van der Waals surface area (Å²) in [6.07, 6.45) is 0. The number of benzene rings is 4. The highest BCUT2D eigenvalue weighted by Gasteiger charge is 2.26. The van der Waals surface area contributed by atoms with E-state index in [4.69, 9.17) is 0 Å². The van der Waals surface area contributed by atoms with Gasteiger partial charge in [-0.2, -0.15) is 0 Å². The van der Waals surface area contributed by atoms with E-state index in [0.717, 1.165) is 13.1 Å². The van der Waals surface area contributed by atoms with E-state index < -0.39 is 0 Å². The van der Waals surface area contributed by atoms with Gasteiger partial charge in [-0.15, -0.1) is 0 Å². The maximum atomic E-state index is 3.63. The molecular weight excluding hydrogens is 328 g/mol. The fourth-order valence-electron chi connectivity index (χ4n) is 4.11. The van der Waals surface area contributed by atoms with Crippen LogP contribution in [0.2, 0.25) is 0 Å². The molecule has 2 heteroatoms. The summed E-state index contributed by atoms with van der Waals surface area (Å²) in [6, 6.07) is 26.2. The van der Waals surface area contributed by atoms with Crippen molar-refractivity contribution in [1.82, 2.24) is 0 Å². The van der Waals surface area contributed by atoms with Gasteiger partial charge in [0.05, 0.1) is 0 Å². The topological polar surface area (TPSA) is 6.48 Å². The number of fused-ring (bicyclic) bond motifs is 2. The highest BCUT2D eigenvalue weighted by Crippen LogP contribution is 2.36. The summed E-state index contributed by atoms with van der Waals surface area (Å²) in [6.45, 7) is 9.86. The van der Waals surface area contributed by atoms with Crippen molar-refractivity contribution in [2.75, 3.05) is 22.9 Å². The summed E-state index contributed by atoms with van der Waals surface area (Å²) in [5, 5.41) is 5.14. The Morgan fingerprint density at radius 3 is 2.37 bits per heavy atom. The molecule has 5 rings (SSSR count). The lowest BCUT2D eigenvalue weighted by Crippen LogP contribution is -2.19. The molecule has 1 fully saturated rings. The number of anilines is 2. The molecule has 1 heterocycles. The molecule has 0 aliphatic carbocycles. The van der Waals surface area contributed by atoms with Crippen LogP contribution in [0.5, 0.6) is 0 Å². The molecular formula is C25H22N2. The molecule has 0 bridgehead atoms. The van der Waals surface area contributed by atoms with Gasteiger partial charge in [0, 0.05) is 35.2 Å². The molecule has 27 heavy (non-hydrogen) atoms. The molecule has 0 atom stereocenters. The first kappa shape index (κ1) is 16.2. The molecule has 0 amide bonds. The molecule has 1 saturated heterocycles. The minimum Gasteiger partial charge on any atom is -0.339 e. The van der Waals surface area contributed by atoms with Gasteiger partial charge in [-0.3, -0.25) is 0 Å². The smallest absolute Gasteiger partial charge is 0.208 e. The Morgan fingerprint density at radius 1 is 0.704 bits per heavy atom. The van der Waals surface area contributed by atoms with Gasteiger partial charge in [0.25, 0.3) is 0 Å². The van der Waals surface area contributed by atoms with Crippen molar-refractivity contribution < 1.29 is 0 Å². The van der Waals surface area contributed by atoms with Crippen molar-refractivity contribution >= 4 is 32.9 Å². The van der Waals surface area contributed by atoms with E-state index in [9.17, 15) is 0 Å². The fraction of sp³-hybridized carbons (Fsp3) is 0.160. The molecule has 1 aliphatic rings. The van der Waals surface area contributed by atoms with Gasteiger partial charge in [-0.05, 0) is 42.3 Å². The van der Waals surface area contributed by atoms with Crippen LogP contribution in [0.25, 0.3) is 21.5 Å². The van der Waals surface area contributed by atoms with E-state index in [0.29, 0.717) is 0 Å². The zero-order valence-electron chi connectivity index (χ0n) is 15.7. The molecule has 0 aromatic heterocycles. The monoisotopic (exact) mass is 350 g/mol. The number of hydrogen-bond acceptors (Lipinski definition) is 2. The Kier molecular flexibility index (Phi) is 3.78. The molecule has 4 aromatic carbocycles. The molecule has 0 N–H and O–H groups in total. The van der Waals surface area contributed by atoms with E-state index >= 15 is 0 Å². The average molecular weight is 350 g/mol. The first-order valence-electron chi connectivity index (χ1n) is 9.50. The third-order valence-electron chi connectivity index (χ3n) is 5.47. The van der Waals surface area contributed by atoms with Crippen molar-refractivity contribution in [2.24, 2.45) is 0 Å². The van der Waals surface area contributed by atoms with Gasteiger partial charge in [0.2, 0.25) is 6.67 Å². The summed E-state index contributed by atoms with van der Waals surface area (Å²) in [5.74, 6) is 0. The lowest BCUT2D eigenvalue weighted by atomic mass is 10.0. The van der Waals surface area contributed by atoms with Crippen LogP contribution in [0.4, 0.5) is 11.4 Å². The molecule has 132 valence electrons. The largest absolute Gasteiger partial charge is 0.339 e. The lowest BCUT2D eigenvalue weighted by Gasteiger charge is -2.23. The Balaban J connectivity index is 1.55. The average Bonchev–Trinajstić information content (AvgIpc) is 3.16. The minimum absolute atomic E-state index is 0.940. The van der Waals surface area contributed by atoms with E-state index in [1.54, 1.807) is 0 Å². The molecule has 2 radical (unpaired) electrons. The molecule has 4 aromatic rings. The van der Waals surface area contributed by atoms with Gasteiger partial charge < -0.3 is 9.80 Å². The summed E-state index contributed by atoms with van der Waals surface area (Å²) in [4.78, 5) is 4.55. The molecule has 2 nitrogen and oxygen atoms in total. The molecule has 0 spiro atoms. The standard InChI is InChI=1S/C25H22N2/c1-18-10-12-21-7-5-9-24(23(21)16-18)26-14-15-27(17-26)25-19(2)11-13-20-6-3-4-8-22(20)25/h3-13,16H,14-15H2,1-2H3. The van der Waals surface area contributed by atoms with E-state index in [1.807, 2.05) is 0 Å². The second-order valence-electron chi connectivity index (χ2n) is 7.36. The van der Waals surface area contributed by atoms with Crippen LogP contribution in [-0.4, -0.2) is 13.1 Å². The van der Waals surface area contributed by atoms with Crippen LogP contribution >= 0.6 is 0 Å². The van der Waals surface area contributed by atoms with Crippen molar-refractivity contribution in [3.8, 4) is 0 Å². The van der Waals surface area contributed by atoms with E-state index in [1.165, 1.54) is 44.0 Å². The van der Waals surface area contributed by atoms with E-state index in [2.05, 4.69) is 103 Å². The van der Waals surface area contributed by atoms with Gasteiger partial charge in [0.1, 0.15) is 0 Å². The van der Waals surface area contributed by atoms with Crippen molar-refractivity contribution in [3.63, 3.8) is 0 Å². The Bertz CT molecular complexity index is 1150. The highest BCUT2D eigenvalue weighted by molar-refractivity contribution is 5.98. The fourth-order valence-corrected chi connectivity index (χ4v) is 4.11. The van der Waals surface area contributed by atoms with Crippen molar-refractivity contribution in [1.29, 1.82) is 0 Å². The second-order valence-corrected chi connectivity index (χ2v) is 7.36. The zero-order chi connectivity index (χ0) is 18.4. The predicted molar refractivity (Wildman–Crippen MR) is 115 cm³/mol. The maximum absolute atomic E-state index is 3.63. The Hall–Kier alpha value is -3.00. The van der Waals surface area contributed by atoms with Crippen molar-refractivity contribution in [2.45, 2.75) is 13.8 Å². The Labute approximate surface area is 160 Å². The van der Waals surface area contributed by atoms with Gasteiger partial charge in [-0.25, -0.2) is 0 Å². The quantitative estimate of drug-likeness (QED) is 0.442. The van der Waals surface area contributed by atoms with Gasteiger partial charge >= 0.3 is 0 Å². The number of aryl methyl sites for hydroxylation is 2. The van der Waals surface area contributed by atoms with Crippen LogP contribution in [0, 0.1) is 20.5 Å². The van der Waals surface area contributed by atoms with Crippen LogP contribution < -0.4 is 9.80 Å². The number of nitrogens with zero attached hydrogens (tertiary/aromatic N) is 2. The Morgan fingerprint density at radius 2 is 1.44 bits per heavy atom. The molecule has 1 aliphatic heterocycles. The van der Waals surface area contributed by atoms with Crippen LogP contribution in [-0.2, 0) is 0 Å².